The molecule has 0 radical (unpaired) electrons. The summed E-state index contributed by atoms with van der Waals surface area (Å²) in [6.45, 7) is 4.59. The molecule has 3 unspecified atom stereocenters. The SMILES string of the molecule is CNC(c1cccc(Cl)c1F)C1CC(C)CC(C)C1. The van der Waals surface area contributed by atoms with Gasteiger partial charge in [0.1, 0.15) is 5.82 Å². The minimum Gasteiger partial charge on any atom is -0.313 e. The lowest BCUT2D eigenvalue weighted by Crippen LogP contribution is -2.32. The summed E-state index contributed by atoms with van der Waals surface area (Å²) in [6.07, 6.45) is 3.59. The number of hydrogen-bond acceptors (Lipinski definition) is 1. The lowest BCUT2D eigenvalue weighted by Gasteiger charge is -2.36. The molecule has 1 aromatic carbocycles. The van der Waals surface area contributed by atoms with Crippen LogP contribution < -0.4 is 5.32 Å². The summed E-state index contributed by atoms with van der Waals surface area (Å²) in [5.41, 5.74) is 0.710. The van der Waals surface area contributed by atoms with Crippen LogP contribution in [0.5, 0.6) is 0 Å². The Labute approximate surface area is 120 Å². The fourth-order valence-electron chi connectivity index (χ4n) is 3.69. The zero-order valence-corrected chi connectivity index (χ0v) is 12.7. The second kappa shape index (κ2) is 6.23. The van der Waals surface area contributed by atoms with Crippen LogP contribution in [-0.2, 0) is 0 Å². The van der Waals surface area contributed by atoms with E-state index in [1.165, 1.54) is 6.42 Å². The van der Waals surface area contributed by atoms with Crippen molar-refractivity contribution in [2.75, 3.05) is 7.05 Å². The van der Waals surface area contributed by atoms with Crippen molar-refractivity contribution in [3.63, 3.8) is 0 Å². The van der Waals surface area contributed by atoms with Crippen LogP contribution in [0.2, 0.25) is 5.02 Å². The van der Waals surface area contributed by atoms with Crippen molar-refractivity contribution in [1.29, 1.82) is 0 Å². The van der Waals surface area contributed by atoms with Crippen LogP contribution in [0.3, 0.4) is 0 Å². The van der Waals surface area contributed by atoms with Gasteiger partial charge < -0.3 is 5.32 Å². The molecule has 0 aliphatic heterocycles. The normalized spacial score (nSPS) is 29.2. The lowest BCUT2D eigenvalue weighted by molar-refractivity contribution is 0.179. The van der Waals surface area contributed by atoms with Gasteiger partial charge in [-0.1, -0.05) is 37.6 Å². The van der Waals surface area contributed by atoms with Crippen molar-refractivity contribution < 1.29 is 4.39 Å². The van der Waals surface area contributed by atoms with Crippen LogP contribution in [0.15, 0.2) is 18.2 Å². The second-order valence-corrected chi connectivity index (χ2v) is 6.49. The molecule has 0 amide bonds. The van der Waals surface area contributed by atoms with Gasteiger partial charge in [0.2, 0.25) is 0 Å². The van der Waals surface area contributed by atoms with Gasteiger partial charge >= 0.3 is 0 Å². The second-order valence-electron chi connectivity index (χ2n) is 6.09. The summed E-state index contributed by atoms with van der Waals surface area (Å²) in [6, 6.07) is 5.36. The zero-order valence-electron chi connectivity index (χ0n) is 11.9. The van der Waals surface area contributed by atoms with Crippen molar-refractivity contribution in [1.82, 2.24) is 5.32 Å². The quantitative estimate of drug-likeness (QED) is 0.839. The van der Waals surface area contributed by atoms with Gasteiger partial charge in [0, 0.05) is 11.6 Å². The number of hydrogen-bond donors (Lipinski definition) is 1. The highest BCUT2D eigenvalue weighted by molar-refractivity contribution is 6.30. The summed E-state index contributed by atoms with van der Waals surface area (Å²) in [7, 11) is 1.91. The molecule has 1 aromatic rings. The third-order valence-corrected chi connectivity index (χ3v) is 4.61. The Morgan fingerprint density at radius 1 is 1.21 bits per heavy atom. The predicted molar refractivity (Wildman–Crippen MR) is 78.9 cm³/mol. The maximum Gasteiger partial charge on any atom is 0.146 e. The minimum atomic E-state index is -0.269. The van der Waals surface area contributed by atoms with Gasteiger partial charge in [-0.2, -0.15) is 0 Å². The van der Waals surface area contributed by atoms with Gasteiger partial charge in [-0.25, -0.2) is 4.39 Å². The van der Waals surface area contributed by atoms with Crippen LogP contribution >= 0.6 is 11.6 Å². The zero-order chi connectivity index (χ0) is 14.0. The van der Waals surface area contributed by atoms with Gasteiger partial charge in [-0.3, -0.25) is 0 Å². The molecule has 0 bridgehead atoms. The first kappa shape index (κ1) is 14.8. The lowest BCUT2D eigenvalue weighted by atomic mass is 9.72. The predicted octanol–water partition coefficient (Wildman–Crippen LogP) is 4.81. The Bertz CT molecular complexity index is 425. The monoisotopic (exact) mass is 283 g/mol. The molecule has 1 saturated carbocycles. The summed E-state index contributed by atoms with van der Waals surface area (Å²) < 4.78 is 14.2. The van der Waals surface area contributed by atoms with E-state index in [0.29, 0.717) is 23.3 Å². The highest BCUT2D eigenvalue weighted by atomic mass is 35.5. The van der Waals surface area contributed by atoms with Crippen LogP contribution in [0.1, 0.15) is 44.7 Å². The number of benzene rings is 1. The summed E-state index contributed by atoms with van der Waals surface area (Å²) in [5, 5.41) is 3.52. The molecule has 3 heteroatoms. The maximum absolute atomic E-state index is 14.2. The molecule has 106 valence electrons. The van der Waals surface area contributed by atoms with E-state index in [1.807, 2.05) is 19.2 Å². The Morgan fingerprint density at radius 2 is 1.84 bits per heavy atom. The van der Waals surface area contributed by atoms with Crippen molar-refractivity contribution in [3.8, 4) is 0 Å². The first-order valence-electron chi connectivity index (χ1n) is 7.14. The Balaban J connectivity index is 2.26. The Hall–Kier alpha value is -0.600. The molecule has 1 nitrogen and oxygen atoms in total. The fourth-order valence-corrected chi connectivity index (χ4v) is 3.87. The topological polar surface area (TPSA) is 12.0 Å². The minimum absolute atomic E-state index is 0.0592. The molecule has 0 heterocycles. The van der Waals surface area contributed by atoms with E-state index in [2.05, 4.69) is 19.2 Å². The Kier molecular flexibility index (Phi) is 4.86. The van der Waals surface area contributed by atoms with Crippen molar-refractivity contribution >= 4 is 11.6 Å². The average Bonchev–Trinajstić information content (AvgIpc) is 2.34. The molecule has 1 aliphatic rings. The molecule has 1 fully saturated rings. The molecule has 3 atom stereocenters. The van der Waals surface area contributed by atoms with Crippen LogP contribution in [0.25, 0.3) is 0 Å². The molecule has 0 saturated heterocycles. The number of nitrogens with one attached hydrogen (secondary N) is 1. The molecule has 19 heavy (non-hydrogen) atoms. The molecule has 1 N–H and O–H groups in total. The van der Waals surface area contributed by atoms with Crippen molar-refractivity contribution in [2.24, 2.45) is 17.8 Å². The van der Waals surface area contributed by atoms with Crippen molar-refractivity contribution in [3.05, 3.63) is 34.6 Å². The molecule has 1 aliphatic carbocycles. The fraction of sp³-hybridized carbons (Fsp3) is 0.625. The van der Waals surface area contributed by atoms with Gasteiger partial charge in [-0.15, -0.1) is 0 Å². The van der Waals surface area contributed by atoms with E-state index < -0.39 is 0 Å². The third kappa shape index (κ3) is 3.29. The Morgan fingerprint density at radius 3 is 2.42 bits per heavy atom. The van der Waals surface area contributed by atoms with E-state index in [9.17, 15) is 4.39 Å². The molecule has 0 aromatic heterocycles. The standard InChI is InChI=1S/C16H23ClFN/c1-10-7-11(2)9-12(8-10)16(19-3)13-5-4-6-14(17)15(13)18/h4-6,10-12,16,19H,7-9H2,1-3H3. The summed E-state index contributed by atoms with van der Waals surface area (Å²) in [4.78, 5) is 0. The highest BCUT2D eigenvalue weighted by Gasteiger charge is 2.31. The highest BCUT2D eigenvalue weighted by Crippen LogP contribution is 2.40. The van der Waals surface area contributed by atoms with Gasteiger partial charge in [0.05, 0.1) is 5.02 Å². The van der Waals surface area contributed by atoms with Gasteiger partial charge in [-0.05, 0) is 50.1 Å². The van der Waals surface area contributed by atoms with E-state index >= 15 is 0 Å². The van der Waals surface area contributed by atoms with Crippen LogP contribution in [0.4, 0.5) is 4.39 Å². The molecule has 0 spiro atoms. The number of halogens is 2. The molecular formula is C16H23ClFN. The first-order chi connectivity index (χ1) is 9.02. The van der Waals surface area contributed by atoms with Crippen LogP contribution in [0, 0.1) is 23.6 Å². The molecule has 2 rings (SSSR count). The first-order valence-corrected chi connectivity index (χ1v) is 7.51. The third-order valence-electron chi connectivity index (χ3n) is 4.31. The smallest absolute Gasteiger partial charge is 0.146 e. The maximum atomic E-state index is 14.2. The summed E-state index contributed by atoms with van der Waals surface area (Å²) in [5.74, 6) is 1.64. The van der Waals surface area contributed by atoms with E-state index in [1.54, 1.807) is 6.07 Å². The average molecular weight is 284 g/mol. The van der Waals surface area contributed by atoms with Gasteiger partial charge in [0.15, 0.2) is 0 Å². The molecular weight excluding hydrogens is 261 g/mol. The van der Waals surface area contributed by atoms with E-state index in [4.69, 9.17) is 11.6 Å². The van der Waals surface area contributed by atoms with Crippen LogP contribution in [-0.4, -0.2) is 7.05 Å². The van der Waals surface area contributed by atoms with E-state index in [0.717, 1.165) is 12.8 Å². The summed E-state index contributed by atoms with van der Waals surface area (Å²) >= 11 is 5.91. The largest absolute Gasteiger partial charge is 0.313 e. The number of rotatable bonds is 3. The van der Waals surface area contributed by atoms with Crippen molar-refractivity contribution in [2.45, 2.75) is 39.2 Å². The van der Waals surface area contributed by atoms with E-state index in [-0.39, 0.29) is 16.9 Å². The van der Waals surface area contributed by atoms with Gasteiger partial charge in [0.25, 0.3) is 0 Å².